The maximum Gasteiger partial charge on any atom is 0.269 e. The molecule has 0 aliphatic heterocycles. The van der Waals surface area contributed by atoms with Crippen LogP contribution < -0.4 is 9.04 Å². The molecule has 0 saturated heterocycles. The average molecular weight is 578 g/mol. The van der Waals surface area contributed by atoms with Crippen LogP contribution in [0.5, 0.6) is 5.88 Å². The largest absolute Gasteiger partial charge is 0.478 e. The van der Waals surface area contributed by atoms with Gasteiger partial charge in [0.1, 0.15) is 16.2 Å². The van der Waals surface area contributed by atoms with Crippen LogP contribution in [0.1, 0.15) is 0 Å². The van der Waals surface area contributed by atoms with Crippen LogP contribution in [-0.4, -0.2) is 46.9 Å². The molecule has 0 fully saturated rings. The second-order valence-electron chi connectivity index (χ2n) is 7.39. The molecule has 0 atom stereocenters. The first-order valence-electron chi connectivity index (χ1n) is 8.70. The van der Waals surface area contributed by atoms with Gasteiger partial charge in [-0.15, -0.1) is 0 Å². The van der Waals surface area contributed by atoms with Gasteiger partial charge in [0.15, 0.2) is 5.15 Å². The topological polar surface area (TPSA) is 81.6 Å². The van der Waals surface area contributed by atoms with E-state index >= 15 is 0 Å². The van der Waals surface area contributed by atoms with E-state index in [1.54, 1.807) is 0 Å². The Hall–Kier alpha value is -0.623. The molecule has 0 aliphatic carbocycles. The molecule has 0 N–H and O–H groups in total. The fourth-order valence-electron chi connectivity index (χ4n) is 2.24. The molecule has 0 unspecified atom stereocenters. The minimum atomic E-state index is -4.24. The standard InChI is InChI=1S/C17H21BrCl3N3O4SSi/c1-27-17-16(23-15(21)14(18)22-17)24(10-28-8-9-30(2,3)4)29(25,26)12-7-5-6-11(19)13(12)20/h5-7H,8-10H2,1-4H3. The van der Waals surface area contributed by atoms with Crippen molar-refractivity contribution >= 4 is 74.6 Å². The van der Waals surface area contributed by atoms with Crippen LogP contribution in [0.2, 0.25) is 40.9 Å². The third-order valence-electron chi connectivity index (χ3n) is 3.88. The molecular weight excluding hydrogens is 557 g/mol. The lowest BCUT2D eigenvalue weighted by Crippen LogP contribution is -2.35. The molecule has 0 bridgehead atoms. The molecular formula is C17H21BrCl3N3O4SSi. The smallest absolute Gasteiger partial charge is 0.269 e. The molecule has 13 heteroatoms. The highest BCUT2D eigenvalue weighted by molar-refractivity contribution is 9.10. The fourth-order valence-corrected chi connectivity index (χ4v) is 5.41. The lowest BCUT2D eigenvalue weighted by atomic mass is 10.4. The second kappa shape index (κ2) is 10.3. The van der Waals surface area contributed by atoms with Crippen LogP contribution in [0.15, 0.2) is 27.7 Å². The molecule has 2 rings (SSSR count). The summed E-state index contributed by atoms with van der Waals surface area (Å²) in [5.74, 6) is -0.184. The van der Waals surface area contributed by atoms with Gasteiger partial charge in [0.05, 0.1) is 17.2 Å². The number of rotatable bonds is 9. The minimum absolute atomic E-state index is 0.0368. The summed E-state index contributed by atoms with van der Waals surface area (Å²) in [6.07, 6.45) is 0. The molecule has 0 radical (unpaired) electrons. The number of nitrogens with zero attached hydrogens (tertiary/aromatic N) is 3. The van der Waals surface area contributed by atoms with Gasteiger partial charge in [0, 0.05) is 14.7 Å². The van der Waals surface area contributed by atoms with Gasteiger partial charge in [-0.3, -0.25) is 0 Å². The van der Waals surface area contributed by atoms with E-state index in [0.29, 0.717) is 6.61 Å². The maximum absolute atomic E-state index is 13.5. The first-order valence-corrected chi connectivity index (χ1v) is 15.8. The summed E-state index contributed by atoms with van der Waals surface area (Å²) in [5, 5.41) is -0.0454. The van der Waals surface area contributed by atoms with Gasteiger partial charge in [-0.2, -0.15) is 4.98 Å². The molecule has 0 saturated carbocycles. The molecule has 30 heavy (non-hydrogen) atoms. The minimum Gasteiger partial charge on any atom is -0.478 e. The third-order valence-corrected chi connectivity index (χ3v) is 9.32. The van der Waals surface area contributed by atoms with Crippen LogP contribution >= 0.6 is 50.7 Å². The first kappa shape index (κ1) is 25.6. The molecule has 1 heterocycles. The van der Waals surface area contributed by atoms with Crippen molar-refractivity contribution in [3.05, 3.63) is 38.0 Å². The Bertz CT molecular complexity index is 1020. The van der Waals surface area contributed by atoms with Crippen molar-refractivity contribution in [2.24, 2.45) is 0 Å². The Balaban J connectivity index is 2.54. The summed E-state index contributed by atoms with van der Waals surface area (Å²) in [6, 6.07) is 5.18. The van der Waals surface area contributed by atoms with Crippen LogP contribution in [0.25, 0.3) is 0 Å². The zero-order chi connectivity index (χ0) is 22.7. The fraction of sp³-hybridized carbons (Fsp3) is 0.412. The zero-order valence-corrected chi connectivity index (χ0v) is 22.4. The molecule has 7 nitrogen and oxygen atoms in total. The lowest BCUT2D eigenvalue weighted by molar-refractivity contribution is 0.155. The third kappa shape index (κ3) is 6.21. The Kier molecular flexibility index (Phi) is 8.83. The van der Waals surface area contributed by atoms with Gasteiger partial charge < -0.3 is 9.47 Å². The van der Waals surface area contributed by atoms with E-state index in [-0.39, 0.29) is 43.1 Å². The molecule has 1 aromatic heterocycles. The van der Waals surface area contributed by atoms with Gasteiger partial charge in [-0.1, -0.05) is 60.5 Å². The summed E-state index contributed by atoms with van der Waals surface area (Å²) in [6.45, 7) is 6.63. The molecule has 166 valence electrons. The van der Waals surface area contributed by atoms with E-state index in [2.05, 4.69) is 45.5 Å². The van der Waals surface area contributed by atoms with E-state index in [4.69, 9.17) is 44.3 Å². The highest BCUT2D eigenvalue weighted by atomic mass is 79.9. The summed E-state index contributed by atoms with van der Waals surface area (Å²) in [4.78, 5) is 8.06. The number of methoxy groups -OCH3 is 1. The molecule has 1 aromatic carbocycles. The number of hydrogen-bond donors (Lipinski definition) is 0. The van der Waals surface area contributed by atoms with Crippen LogP contribution in [-0.2, 0) is 14.8 Å². The SMILES string of the molecule is COc1nc(Br)c(Cl)nc1N(COCC[Si](C)(C)C)S(=O)(=O)c1cccc(Cl)c1Cl. The van der Waals surface area contributed by atoms with E-state index in [1.807, 2.05) is 0 Å². The number of sulfonamides is 1. The van der Waals surface area contributed by atoms with Crippen molar-refractivity contribution in [2.45, 2.75) is 30.6 Å². The zero-order valence-electron chi connectivity index (χ0n) is 16.7. The lowest BCUT2D eigenvalue weighted by Gasteiger charge is -2.25. The van der Waals surface area contributed by atoms with E-state index in [0.717, 1.165) is 10.3 Å². The number of aromatic nitrogens is 2. The summed E-state index contributed by atoms with van der Waals surface area (Å²) in [7, 11) is -4.27. The highest BCUT2D eigenvalue weighted by Gasteiger charge is 2.33. The Morgan fingerprint density at radius 2 is 1.83 bits per heavy atom. The predicted molar refractivity (Wildman–Crippen MR) is 126 cm³/mol. The van der Waals surface area contributed by atoms with Crippen molar-refractivity contribution in [1.82, 2.24) is 9.97 Å². The maximum atomic E-state index is 13.5. The van der Waals surface area contributed by atoms with Gasteiger partial charge in [-0.05, 0) is 34.1 Å². The summed E-state index contributed by atoms with van der Waals surface area (Å²) >= 11 is 21.5. The van der Waals surface area contributed by atoms with Gasteiger partial charge in [-0.25, -0.2) is 17.7 Å². The van der Waals surface area contributed by atoms with E-state index in [1.165, 1.54) is 25.3 Å². The number of halogens is 4. The summed E-state index contributed by atoms with van der Waals surface area (Å²) < 4.78 is 39.0. The normalized spacial score (nSPS) is 12.1. The van der Waals surface area contributed by atoms with Gasteiger partial charge in [0.2, 0.25) is 5.82 Å². The van der Waals surface area contributed by atoms with E-state index < -0.39 is 18.1 Å². The highest BCUT2D eigenvalue weighted by Crippen LogP contribution is 2.36. The molecule has 0 spiro atoms. The van der Waals surface area contributed by atoms with Gasteiger partial charge in [0.25, 0.3) is 15.9 Å². The van der Waals surface area contributed by atoms with Crippen molar-refractivity contribution < 1.29 is 17.9 Å². The second-order valence-corrected chi connectivity index (χ2v) is 16.7. The molecule has 0 aliphatic rings. The molecule has 2 aromatic rings. The average Bonchev–Trinajstić information content (AvgIpc) is 2.64. The van der Waals surface area contributed by atoms with Crippen molar-refractivity contribution in [2.75, 3.05) is 24.8 Å². The van der Waals surface area contributed by atoms with Crippen LogP contribution in [0.4, 0.5) is 5.82 Å². The van der Waals surface area contributed by atoms with Crippen molar-refractivity contribution in [3.8, 4) is 5.88 Å². The van der Waals surface area contributed by atoms with Crippen molar-refractivity contribution in [1.29, 1.82) is 0 Å². The quantitative estimate of drug-likeness (QED) is 0.216. The number of anilines is 1. The van der Waals surface area contributed by atoms with Crippen LogP contribution in [0, 0.1) is 0 Å². The Morgan fingerprint density at radius 1 is 1.17 bits per heavy atom. The Labute approximate surface area is 200 Å². The summed E-state index contributed by atoms with van der Waals surface area (Å²) in [5.41, 5.74) is 0. The number of benzene rings is 1. The number of hydrogen-bond acceptors (Lipinski definition) is 6. The first-order chi connectivity index (χ1) is 13.9. The predicted octanol–water partition coefficient (Wildman–Crippen LogP) is 5.72. The molecule has 0 amide bonds. The Morgan fingerprint density at radius 3 is 2.43 bits per heavy atom. The van der Waals surface area contributed by atoms with Gasteiger partial charge >= 0.3 is 0 Å². The van der Waals surface area contributed by atoms with E-state index in [9.17, 15) is 8.42 Å². The van der Waals surface area contributed by atoms with Crippen molar-refractivity contribution in [3.63, 3.8) is 0 Å². The van der Waals surface area contributed by atoms with Crippen LogP contribution in [0.3, 0.4) is 0 Å². The monoisotopic (exact) mass is 575 g/mol. The number of ether oxygens (including phenoxy) is 2.